The van der Waals surface area contributed by atoms with Crippen LogP contribution in [0.15, 0.2) is 18.2 Å². The molecule has 0 radical (unpaired) electrons. The van der Waals surface area contributed by atoms with Crippen LogP contribution in [0.3, 0.4) is 0 Å². The van der Waals surface area contributed by atoms with Gasteiger partial charge in [0.25, 0.3) is 0 Å². The Labute approximate surface area is 107 Å². The SMILES string of the molecule is Fc1ccc(OCCOCCS)cc1C(F)(F)F. The molecule has 102 valence electrons. The van der Waals surface area contributed by atoms with Crippen LogP contribution in [0.5, 0.6) is 5.75 Å². The number of thiol groups is 1. The largest absolute Gasteiger partial charge is 0.491 e. The lowest BCUT2D eigenvalue weighted by Gasteiger charge is -2.11. The summed E-state index contributed by atoms with van der Waals surface area (Å²) in [6.45, 7) is 0.764. The van der Waals surface area contributed by atoms with Crippen LogP contribution in [0, 0.1) is 5.82 Å². The molecule has 0 fully saturated rings. The summed E-state index contributed by atoms with van der Waals surface area (Å²) in [4.78, 5) is 0. The maximum Gasteiger partial charge on any atom is 0.419 e. The van der Waals surface area contributed by atoms with E-state index in [2.05, 4.69) is 12.6 Å². The van der Waals surface area contributed by atoms with E-state index in [9.17, 15) is 17.6 Å². The number of ether oxygens (including phenoxy) is 2. The molecule has 1 aromatic carbocycles. The zero-order valence-corrected chi connectivity index (χ0v) is 10.2. The fourth-order valence-corrected chi connectivity index (χ4v) is 1.33. The van der Waals surface area contributed by atoms with E-state index in [1.807, 2.05) is 0 Å². The molecule has 0 unspecified atom stereocenters. The normalized spacial score (nSPS) is 11.6. The van der Waals surface area contributed by atoms with E-state index in [1.165, 1.54) is 0 Å². The van der Waals surface area contributed by atoms with Gasteiger partial charge in [-0.15, -0.1) is 0 Å². The van der Waals surface area contributed by atoms with Gasteiger partial charge in [0.1, 0.15) is 18.2 Å². The lowest BCUT2D eigenvalue weighted by Crippen LogP contribution is -2.11. The van der Waals surface area contributed by atoms with Crippen molar-refractivity contribution in [3.8, 4) is 5.75 Å². The van der Waals surface area contributed by atoms with Crippen LogP contribution in [0.25, 0.3) is 0 Å². The lowest BCUT2D eigenvalue weighted by atomic mass is 10.2. The molecular formula is C11H12F4O2S. The zero-order valence-electron chi connectivity index (χ0n) is 9.34. The molecule has 0 saturated heterocycles. The number of alkyl halides is 3. The van der Waals surface area contributed by atoms with Crippen LogP contribution in [-0.4, -0.2) is 25.6 Å². The monoisotopic (exact) mass is 284 g/mol. The molecule has 0 aliphatic rings. The first-order chi connectivity index (χ1) is 8.45. The van der Waals surface area contributed by atoms with Gasteiger partial charge in [-0.25, -0.2) is 4.39 Å². The van der Waals surface area contributed by atoms with Gasteiger partial charge in [-0.1, -0.05) is 0 Å². The highest BCUT2D eigenvalue weighted by atomic mass is 32.1. The third-order valence-electron chi connectivity index (χ3n) is 1.98. The molecule has 1 rings (SSSR count). The maximum atomic E-state index is 12.9. The summed E-state index contributed by atoms with van der Waals surface area (Å²) < 4.78 is 60.2. The van der Waals surface area contributed by atoms with Crippen molar-refractivity contribution >= 4 is 12.6 Å². The van der Waals surface area contributed by atoms with Gasteiger partial charge in [0.05, 0.1) is 18.8 Å². The highest BCUT2D eigenvalue weighted by Gasteiger charge is 2.34. The molecule has 0 spiro atoms. The number of benzene rings is 1. The van der Waals surface area contributed by atoms with Crippen LogP contribution >= 0.6 is 12.6 Å². The van der Waals surface area contributed by atoms with Crippen molar-refractivity contribution in [2.45, 2.75) is 6.18 Å². The minimum Gasteiger partial charge on any atom is -0.491 e. The lowest BCUT2D eigenvalue weighted by molar-refractivity contribution is -0.140. The molecular weight excluding hydrogens is 272 g/mol. The van der Waals surface area contributed by atoms with E-state index < -0.39 is 17.6 Å². The molecule has 18 heavy (non-hydrogen) atoms. The summed E-state index contributed by atoms with van der Waals surface area (Å²) in [5, 5.41) is 0. The average molecular weight is 284 g/mol. The molecule has 0 aliphatic heterocycles. The van der Waals surface area contributed by atoms with Crippen LogP contribution in [-0.2, 0) is 10.9 Å². The van der Waals surface area contributed by atoms with Crippen LogP contribution in [0.2, 0.25) is 0 Å². The van der Waals surface area contributed by atoms with Crippen molar-refractivity contribution in [1.82, 2.24) is 0 Å². The first-order valence-corrected chi connectivity index (χ1v) is 5.76. The molecule has 2 nitrogen and oxygen atoms in total. The predicted molar refractivity (Wildman–Crippen MR) is 61.6 cm³/mol. The second-order valence-corrected chi connectivity index (χ2v) is 3.77. The van der Waals surface area contributed by atoms with E-state index in [0.717, 1.165) is 12.1 Å². The Morgan fingerprint density at radius 1 is 1.11 bits per heavy atom. The molecule has 0 saturated carbocycles. The van der Waals surface area contributed by atoms with E-state index in [0.29, 0.717) is 18.4 Å². The summed E-state index contributed by atoms with van der Waals surface area (Å²) in [6, 6.07) is 2.50. The third-order valence-corrected chi connectivity index (χ3v) is 2.16. The Kier molecular flexibility index (Phi) is 5.74. The molecule has 0 bridgehead atoms. The average Bonchev–Trinajstić information content (AvgIpc) is 2.29. The quantitative estimate of drug-likeness (QED) is 0.491. The fraction of sp³-hybridized carbons (Fsp3) is 0.455. The second kappa shape index (κ2) is 6.84. The molecule has 0 heterocycles. The topological polar surface area (TPSA) is 18.5 Å². The Bertz CT molecular complexity index is 382. The van der Waals surface area contributed by atoms with Gasteiger partial charge in [0, 0.05) is 5.75 Å². The van der Waals surface area contributed by atoms with Crippen LogP contribution in [0.1, 0.15) is 5.56 Å². The number of hydrogen-bond acceptors (Lipinski definition) is 3. The molecule has 7 heteroatoms. The van der Waals surface area contributed by atoms with E-state index in [4.69, 9.17) is 9.47 Å². The van der Waals surface area contributed by atoms with Gasteiger partial charge < -0.3 is 9.47 Å². The van der Waals surface area contributed by atoms with E-state index in [1.54, 1.807) is 0 Å². The Morgan fingerprint density at radius 3 is 2.44 bits per heavy atom. The van der Waals surface area contributed by atoms with Crippen LogP contribution < -0.4 is 4.74 Å². The fourth-order valence-electron chi connectivity index (χ4n) is 1.20. The van der Waals surface area contributed by atoms with Crippen molar-refractivity contribution in [2.24, 2.45) is 0 Å². The highest BCUT2D eigenvalue weighted by Crippen LogP contribution is 2.33. The van der Waals surface area contributed by atoms with Crippen molar-refractivity contribution in [3.05, 3.63) is 29.6 Å². The van der Waals surface area contributed by atoms with Gasteiger partial charge in [-0.2, -0.15) is 25.8 Å². The van der Waals surface area contributed by atoms with Gasteiger partial charge >= 0.3 is 6.18 Å². The van der Waals surface area contributed by atoms with E-state index in [-0.39, 0.29) is 19.0 Å². The molecule has 0 amide bonds. The molecule has 0 N–H and O–H groups in total. The summed E-state index contributed by atoms with van der Waals surface area (Å²) in [6.07, 6.45) is -4.73. The molecule has 1 aromatic rings. The van der Waals surface area contributed by atoms with E-state index >= 15 is 0 Å². The first kappa shape index (κ1) is 15.1. The van der Waals surface area contributed by atoms with Gasteiger partial charge in [-0.05, 0) is 18.2 Å². The third kappa shape index (κ3) is 4.73. The highest BCUT2D eigenvalue weighted by molar-refractivity contribution is 7.80. The summed E-state index contributed by atoms with van der Waals surface area (Å²) in [7, 11) is 0. The summed E-state index contributed by atoms with van der Waals surface area (Å²) in [5.74, 6) is -0.811. The van der Waals surface area contributed by atoms with Gasteiger partial charge in [-0.3, -0.25) is 0 Å². The molecule has 0 aromatic heterocycles. The van der Waals surface area contributed by atoms with Crippen LogP contribution in [0.4, 0.5) is 17.6 Å². The molecule has 0 atom stereocenters. The predicted octanol–water partition coefficient (Wildman–Crippen LogP) is 3.17. The van der Waals surface area contributed by atoms with Crippen molar-refractivity contribution < 1.29 is 27.0 Å². The Balaban J connectivity index is 2.57. The van der Waals surface area contributed by atoms with Gasteiger partial charge in [0.2, 0.25) is 0 Å². The Morgan fingerprint density at radius 2 is 1.83 bits per heavy atom. The van der Waals surface area contributed by atoms with Crippen molar-refractivity contribution in [2.75, 3.05) is 25.6 Å². The smallest absolute Gasteiger partial charge is 0.419 e. The maximum absolute atomic E-state index is 12.9. The molecule has 0 aliphatic carbocycles. The minimum absolute atomic E-state index is 0.0433. The number of rotatable bonds is 6. The minimum atomic E-state index is -4.73. The number of hydrogen-bond donors (Lipinski definition) is 1. The standard InChI is InChI=1S/C11H12F4O2S/c12-10-2-1-8(7-9(10)11(13,14)15)17-4-3-16-5-6-18/h1-2,7,18H,3-6H2. The Hall–Kier alpha value is -0.950. The van der Waals surface area contributed by atoms with Crippen molar-refractivity contribution in [3.63, 3.8) is 0 Å². The first-order valence-electron chi connectivity index (χ1n) is 5.13. The second-order valence-electron chi connectivity index (χ2n) is 3.32. The number of halogens is 4. The summed E-state index contributed by atoms with van der Waals surface area (Å²) >= 11 is 3.92. The van der Waals surface area contributed by atoms with Crippen molar-refractivity contribution in [1.29, 1.82) is 0 Å². The zero-order chi connectivity index (χ0) is 13.6. The summed E-state index contributed by atoms with van der Waals surface area (Å²) in [5.41, 5.74) is -1.34. The van der Waals surface area contributed by atoms with Gasteiger partial charge in [0.15, 0.2) is 0 Å².